The van der Waals surface area contributed by atoms with E-state index in [-0.39, 0.29) is 5.91 Å². The molecule has 0 spiro atoms. The number of nitrogens with one attached hydrogen (secondary N) is 1. The number of hydrogen-bond acceptors (Lipinski definition) is 4. The second kappa shape index (κ2) is 9.42. The third-order valence-electron chi connectivity index (χ3n) is 5.15. The van der Waals surface area contributed by atoms with Crippen LogP contribution < -0.4 is 15.0 Å². The minimum atomic E-state index is 0.107. The van der Waals surface area contributed by atoms with Crippen molar-refractivity contribution < 1.29 is 9.53 Å². The molecular weight excluding hydrogens is 338 g/mol. The van der Waals surface area contributed by atoms with Gasteiger partial charge in [-0.2, -0.15) is 0 Å². The normalized spacial score (nSPS) is 16.0. The van der Waals surface area contributed by atoms with E-state index in [4.69, 9.17) is 4.74 Å². The summed E-state index contributed by atoms with van der Waals surface area (Å²) >= 11 is 0. The highest BCUT2D eigenvalue weighted by atomic mass is 16.5. The van der Waals surface area contributed by atoms with Gasteiger partial charge in [-0.25, -0.2) is 0 Å². The molecule has 0 aromatic heterocycles. The van der Waals surface area contributed by atoms with E-state index in [1.165, 1.54) is 11.3 Å². The zero-order valence-electron chi connectivity index (χ0n) is 16.2. The van der Waals surface area contributed by atoms with Crippen molar-refractivity contribution in [3.8, 4) is 5.75 Å². The number of piperazine rings is 1. The second-order valence-corrected chi connectivity index (χ2v) is 7.08. The van der Waals surface area contributed by atoms with Crippen LogP contribution in [0.5, 0.6) is 5.75 Å². The van der Waals surface area contributed by atoms with Gasteiger partial charge in [0.15, 0.2) is 0 Å². The molecule has 1 N–H and O–H groups in total. The van der Waals surface area contributed by atoms with E-state index in [2.05, 4.69) is 46.3 Å². The number of benzene rings is 2. The van der Waals surface area contributed by atoms with E-state index in [9.17, 15) is 4.79 Å². The van der Waals surface area contributed by atoms with Crippen molar-refractivity contribution in [1.82, 2.24) is 10.2 Å². The molecule has 0 aliphatic carbocycles. The molecule has 5 heteroatoms. The number of hydrogen-bond donors (Lipinski definition) is 1. The van der Waals surface area contributed by atoms with E-state index >= 15 is 0 Å². The molecule has 144 valence electrons. The van der Waals surface area contributed by atoms with Crippen LogP contribution >= 0.6 is 0 Å². The van der Waals surface area contributed by atoms with Gasteiger partial charge >= 0.3 is 0 Å². The fraction of sp³-hybridized carbons (Fsp3) is 0.409. The van der Waals surface area contributed by atoms with Gasteiger partial charge in [-0.3, -0.25) is 9.69 Å². The van der Waals surface area contributed by atoms with Gasteiger partial charge in [0.05, 0.1) is 13.7 Å². The molecule has 2 aromatic rings. The Morgan fingerprint density at radius 3 is 2.33 bits per heavy atom. The Labute approximate surface area is 161 Å². The maximum absolute atomic E-state index is 12.3. The Balaban J connectivity index is 1.40. The molecule has 1 amide bonds. The van der Waals surface area contributed by atoms with Crippen LogP contribution in [0.15, 0.2) is 54.6 Å². The lowest BCUT2D eigenvalue weighted by molar-refractivity contribution is -0.122. The molecule has 1 heterocycles. The van der Waals surface area contributed by atoms with Gasteiger partial charge in [0, 0.05) is 38.4 Å². The van der Waals surface area contributed by atoms with E-state index in [0.717, 1.165) is 31.9 Å². The molecule has 0 saturated carbocycles. The Morgan fingerprint density at radius 1 is 1.04 bits per heavy atom. The van der Waals surface area contributed by atoms with Gasteiger partial charge in [0.2, 0.25) is 5.91 Å². The molecule has 3 rings (SSSR count). The quantitative estimate of drug-likeness (QED) is 0.817. The molecule has 0 radical (unpaired) electrons. The standard InChI is InChI=1S/C22H29N3O2/c1-18(19-6-4-3-5-7-19)16-23-22(26)17-24-12-14-25(15-13-24)20-8-10-21(27-2)11-9-20/h3-11,18H,12-17H2,1-2H3,(H,23,26)/t18-/m0/s1. The lowest BCUT2D eigenvalue weighted by Gasteiger charge is -2.35. The smallest absolute Gasteiger partial charge is 0.234 e. The van der Waals surface area contributed by atoms with Crippen molar-refractivity contribution in [3.63, 3.8) is 0 Å². The highest BCUT2D eigenvalue weighted by Crippen LogP contribution is 2.20. The molecule has 5 nitrogen and oxygen atoms in total. The number of nitrogens with zero attached hydrogens (tertiary/aromatic N) is 2. The van der Waals surface area contributed by atoms with Crippen LogP contribution in [0.3, 0.4) is 0 Å². The van der Waals surface area contributed by atoms with Crippen LogP contribution in [0.2, 0.25) is 0 Å². The second-order valence-electron chi connectivity index (χ2n) is 7.08. The van der Waals surface area contributed by atoms with Gasteiger partial charge in [-0.15, -0.1) is 0 Å². The highest BCUT2D eigenvalue weighted by molar-refractivity contribution is 5.78. The predicted molar refractivity (Wildman–Crippen MR) is 110 cm³/mol. The zero-order valence-corrected chi connectivity index (χ0v) is 16.2. The number of methoxy groups -OCH3 is 1. The summed E-state index contributed by atoms with van der Waals surface area (Å²) in [4.78, 5) is 16.9. The van der Waals surface area contributed by atoms with Crippen molar-refractivity contribution in [2.24, 2.45) is 0 Å². The molecule has 27 heavy (non-hydrogen) atoms. The third-order valence-corrected chi connectivity index (χ3v) is 5.15. The van der Waals surface area contributed by atoms with Crippen molar-refractivity contribution in [1.29, 1.82) is 0 Å². The lowest BCUT2D eigenvalue weighted by atomic mass is 10.0. The Morgan fingerprint density at radius 2 is 1.70 bits per heavy atom. The molecule has 0 unspecified atom stereocenters. The minimum absolute atomic E-state index is 0.107. The summed E-state index contributed by atoms with van der Waals surface area (Å²) in [5, 5.41) is 3.08. The predicted octanol–water partition coefficient (Wildman–Crippen LogP) is 2.74. The fourth-order valence-corrected chi connectivity index (χ4v) is 3.38. The zero-order chi connectivity index (χ0) is 19.1. The SMILES string of the molecule is COc1ccc(N2CCN(CC(=O)NC[C@H](C)c3ccccc3)CC2)cc1. The Kier molecular flexibility index (Phi) is 6.71. The molecule has 2 aromatic carbocycles. The topological polar surface area (TPSA) is 44.8 Å². The third kappa shape index (κ3) is 5.47. The van der Waals surface area contributed by atoms with Gasteiger partial charge in [0.25, 0.3) is 0 Å². The van der Waals surface area contributed by atoms with Crippen LogP contribution in [0.4, 0.5) is 5.69 Å². The maximum Gasteiger partial charge on any atom is 0.234 e. The number of amides is 1. The van der Waals surface area contributed by atoms with Crippen LogP contribution in [0.25, 0.3) is 0 Å². The number of carbonyl (C=O) groups is 1. The van der Waals surface area contributed by atoms with Crippen molar-refractivity contribution in [2.75, 3.05) is 51.3 Å². The molecule has 1 fully saturated rings. The van der Waals surface area contributed by atoms with E-state index in [0.29, 0.717) is 19.0 Å². The number of ether oxygens (including phenoxy) is 1. The van der Waals surface area contributed by atoms with Crippen LogP contribution in [0.1, 0.15) is 18.4 Å². The van der Waals surface area contributed by atoms with E-state index < -0.39 is 0 Å². The lowest BCUT2D eigenvalue weighted by Crippen LogP contribution is -2.49. The number of anilines is 1. The first kappa shape index (κ1) is 19.2. The summed E-state index contributed by atoms with van der Waals surface area (Å²) in [7, 11) is 1.68. The molecule has 1 saturated heterocycles. The molecule has 0 bridgehead atoms. The number of carbonyl (C=O) groups excluding carboxylic acids is 1. The summed E-state index contributed by atoms with van der Waals surface area (Å²) in [6, 6.07) is 18.5. The average Bonchev–Trinajstić information content (AvgIpc) is 2.73. The molecule has 1 aliphatic heterocycles. The van der Waals surface area contributed by atoms with Crippen LogP contribution in [0, 0.1) is 0 Å². The summed E-state index contributed by atoms with van der Waals surface area (Å²) in [5.41, 5.74) is 2.46. The number of rotatable bonds is 7. The maximum atomic E-state index is 12.3. The monoisotopic (exact) mass is 367 g/mol. The van der Waals surface area contributed by atoms with E-state index in [1.54, 1.807) is 7.11 Å². The summed E-state index contributed by atoms with van der Waals surface area (Å²) in [6.07, 6.45) is 0. The summed E-state index contributed by atoms with van der Waals surface area (Å²) in [6.45, 7) is 6.94. The first-order chi connectivity index (χ1) is 13.2. The van der Waals surface area contributed by atoms with Crippen LogP contribution in [-0.2, 0) is 4.79 Å². The summed E-state index contributed by atoms with van der Waals surface area (Å²) < 4.78 is 5.21. The molecular formula is C22H29N3O2. The van der Waals surface area contributed by atoms with Crippen LogP contribution in [-0.4, -0.2) is 57.2 Å². The molecule has 1 atom stereocenters. The van der Waals surface area contributed by atoms with Gasteiger partial charge in [-0.05, 0) is 35.7 Å². The van der Waals surface area contributed by atoms with Gasteiger partial charge < -0.3 is 15.0 Å². The van der Waals surface area contributed by atoms with Gasteiger partial charge in [0.1, 0.15) is 5.75 Å². The fourth-order valence-electron chi connectivity index (χ4n) is 3.38. The minimum Gasteiger partial charge on any atom is -0.497 e. The Bertz CT molecular complexity index is 710. The first-order valence-electron chi connectivity index (χ1n) is 9.58. The van der Waals surface area contributed by atoms with Crippen molar-refractivity contribution >= 4 is 11.6 Å². The van der Waals surface area contributed by atoms with E-state index in [1.807, 2.05) is 30.3 Å². The highest BCUT2D eigenvalue weighted by Gasteiger charge is 2.19. The Hall–Kier alpha value is -2.53. The largest absolute Gasteiger partial charge is 0.497 e. The van der Waals surface area contributed by atoms with Gasteiger partial charge in [-0.1, -0.05) is 37.3 Å². The molecule has 1 aliphatic rings. The van der Waals surface area contributed by atoms with Crippen molar-refractivity contribution in [2.45, 2.75) is 12.8 Å². The first-order valence-corrected chi connectivity index (χ1v) is 9.58. The average molecular weight is 367 g/mol. The van der Waals surface area contributed by atoms with Crippen molar-refractivity contribution in [3.05, 3.63) is 60.2 Å². The summed E-state index contributed by atoms with van der Waals surface area (Å²) in [5.74, 6) is 1.30.